The van der Waals surface area contributed by atoms with Gasteiger partial charge in [0.05, 0.1) is 6.04 Å². The highest BCUT2D eigenvalue weighted by Gasteiger charge is 2.38. The van der Waals surface area contributed by atoms with Crippen LogP contribution >= 0.6 is 0 Å². The molecule has 0 saturated heterocycles. The summed E-state index contributed by atoms with van der Waals surface area (Å²) in [6.45, 7) is 0. The second-order valence-electron chi connectivity index (χ2n) is 6.72. The van der Waals surface area contributed by atoms with E-state index < -0.39 is 18.1 Å². The highest BCUT2D eigenvalue weighted by Crippen LogP contribution is 2.32. The van der Waals surface area contributed by atoms with Gasteiger partial charge in [-0.25, -0.2) is 4.79 Å². The van der Waals surface area contributed by atoms with Crippen molar-refractivity contribution < 1.29 is 19.5 Å². The lowest BCUT2D eigenvalue weighted by atomic mass is 10.0. The first kappa shape index (κ1) is 18.8. The lowest BCUT2D eigenvalue weighted by Crippen LogP contribution is -2.43. The van der Waals surface area contributed by atoms with Gasteiger partial charge in [-0.15, -0.1) is 0 Å². The van der Waals surface area contributed by atoms with Crippen molar-refractivity contribution in [3.8, 4) is 0 Å². The van der Waals surface area contributed by atoms with Crippen molar-refractivity contribution >= 4 is 23.3 Å². The molecule has 1 amide bonds. The van der Waals surface area contributed by atoms with Crippen LogP contribution in [0.3, 0.4) is 0 Å². The van der Waals surface area contributed by atoms with Gasteiger partial charge in [-0.05, 0) is 23.6 Å². The number of hydrogen-bond acceptors (Lipinski definition) is 4. The summed E-state index contributed by atoms with van der Waals surface area (Å²) < 4.78 is 0. The van der Waals surface area contributed by atoms with E-state index in [1.165, 1.54) is 4.90 Å². The Hall–Kier alpha value is -2.99. The minimum Gasteiger partial charge on any atom is -0.480 e. The number of nitrogens with zero attached hydrogens (tertiary/aromatic N) is 1. The summed E-state index contributed by atoms with van der Waals surface area (Å²) >= 11 is 0. The number of Topliss-reactive ketones (excluding diaryl/α,β-unsaturated/α-hetero) is 1. The van der Waals surface area contributed by atoms with Crippen LogP contribution in [-0.2, 0) is 27.2 Å². The number of hydrogen-bond donors (Lipinski definition) is 2. The van der Waals surface area contributed by atoms with Crippen molar-refractivity contribution in [2.45, 2.75) is 37.8 Å². The molecular formula is C21H22N2O4. The first-order chi connectivity index (χ1) is 13.0. The average Bonchev–Trinajstić information content (AvgIpc) is 3.06. The molecule has 1 heterocycles. The highest BCUT2D eigenvalue weighted by atomic mass is 16.4. The van der Waals surface area contributed by atoms with Gasteiger partial charge in [-0.2, -0.15) is 0 Å². The number of carbonyl (C=O) groups excluding carboxylic acids is 2. The molecule has 6 heteroatoms. The van der Waals surface area contributed by atoms with Gasteiger partial charge in [0.25, 0.3) is 0 Å². The molecule has 0 radical (unpaired) electrons. The Balaban J connectivity index is 1.62. The average molecular weight is 366 g/mol. The topological polar surface area (TPSA) is 101 Å². The molecule has 0 aromatic heterocycles. The number of carbonyl (C=O) groups is 3. The van der Waals surface area contributed by atoms with Gasteiger partial charge in [0.2, 0.25) is 5.91 Å². The van der Waals surface area contributed by atoms with Crippen LogP contribution in [0.1, 0.15) is 24.0 Å². The normalized spacial score (nSPS) is 16.6. The van der Waals surface area contributed by atoms with Gasteiger partial charge in [0.1, 0.15) is 6.04 Å². The highest BCUT2D eigenvalue weighted by molar-refractivity contribution is 6.02. The lowest BCUT2D eigenvalue weighted by Gasteiger charge is -2.23. The van der Waals surface area contributed by atoms with E-state index in [9.17, 15) is 19.5 Å². The van der Waals surface area contributed by atoms with Crippen molar-refractivity contribution in [1.82, 2.24) is 0 Å². The summed E-state index contributed by atoms with van der Waals surface area (Å²) in [7, 11) is 0. The summed E-state index contributed by atoms with van der Waals surface area (Å²) in [4.78, 5) is 37.9. The van der Waals surface area contributed by atoms with Crippen molar-refractivity contribution in [2.24, 2.45) is 5.73 Å². The smallest absolute Gasteiger partial charge is 0.327 e. The van der Waals surface area contributed by atoms with E-state index in [-0.39, 0.29) is 37.4 Å². The minimum atomic E-state index is -1.04. The molecule has 2 atom stereocenters. The Bertz CT molecular complexity index is 850. The summed E-state index contributed by atoms with van der Waals surface area (Å²) in [5, 5.41) is 9.46. The monoisotopic (exact) mass is 366 g/mol. The first-order valence-corrected chi connectivity index (χ1v) is 8.92. The summed E-state index contributed by atoms with van der Waals surface area (Å²) in [6, 6.07) is 14.8. The van der Waals surface area contributed by atoms with E-state index in [2.05, 4.69) is 0 Å². The van der Waals surface area contributed by atoms with Crippen LogP contribution in [0.15, 0.2) is 54.6 Å². The third-order valence-corrected chi connectivity index (χ3v) is 4.83. The quantitative estimate of drug-likeness (QED) is 0.780. The fourth-order valence-corrected chi connectivity index (χ4v) is 3.38. The van der Waals surface area contributed by atoms with Crippen molar-refractivity contribution in [2.75, 3.05) is 4.90 Å². The number of rotatable bonds is 7. The standard InChI is InChI=1S/C21H22N2O4/c22-16(19(24)12-14-6-2-1-3-7-14)10-11-20(25)23-17-9-5-4-8-15(17)13-18(23)21(26)27/h1-9,16,18H,10-13,22H2,(H,26,27). The van der Waals surface area contributed by atoms with Gasteiger partial charge in [0, 0.05) is 24.9 Å². The third-order valence-electron chi connectivity index (χ3n) is 4.83. The molecule has 0 spiro atoms. The molecule has 0 fully saturated rings. The van der Waals surface area contributed by atoms with Crippen molar-refractivity contribution in [3.63, 3.8) is 0 Å². The molecule has 6 nitrogen and oxygen atoms in total. The number of para-hydroxylation sites is 1. The number of nitrogens with two attached hydrogens (primary N) is 1. The Morgan fingerprint density at radius 2 is 1.74 bits per heavy atom. The second kappa shape index (κ2) is 8.14. The minimum absolute atomic E-state index is 0.0276. The van der Waals surface area contributed by atoms with E-state index in [0.717, 1.165) is 11.1 Å². The lowest BCUT2D eigenvalue weighted by molar-refractivity contribution is -0.140. The zero-order valence-electron chi connectivity index (χ0n) is 14.9. The molecule has 3 rings (SSSR count). The SMILES string of the molecule is NC(CCC(=O)N1c2ccccc2CC1C(=O)O)C(=O)Cc1ccccc1. The van der Waals surface area contributed by atoms with Crippen LogP contribution in [0, 0.1) is 0 Å². The number of anilines is 1. The molecule has 1 aliphatic rings. The number of fused-ring (bicyclic) bond motifs is 1. The van der Waals surface area contributed by atoms with Gasteiger partial charge in [-0.3, -0.25) is 14.5 Å². The van der Waals surface area contributed by atoms with E-state index in [1.807, 2.05) is 42.5 Å². The predicted octanol–water partition coefficient (Wildman–Crippen LogP) is 1.95. The molecule has 0 saturated carbocycles. The predicted molar refractivity (Wildman–Crippen MR) is 101 cm³/mol. The number of benzene rings is 2. The second-order valence-corrected chi connectivity index (χ2v) is 6.72. The van der Waals surface area contributed by atoms with Gasteiger partial charge < -0.3 is 10.8 Å². The summed E-state index contributed by atoms with van der Waals surface area (Å²) in [5.41, 5.74) is 8.30. The Morgan fingerprint density at radius 3 is 2.44 bits per heavy atom. The molecule has 27 heavy (non-hydrogen) atoms. The van der Waals surface area contributed by atoms with E-state index in [0.29, 0.717) is 5.69 Å². The molecule has 2 aromatic rings. The first-order valence-electron chi connectivity index (χ1n) is 8.92. The summed E-state index contributed by atoms with van der Waals surface area (Å²) in [6.07, 6.45) is 0.728. The van der Waals surface area contributed by atoms with Crippen LogP contribution in [0.4, 0.5) is 5.69 Å². The van der Waals surface area contributed by atoms with Crippen molar-refractivity contribution in [3.05, 3.63) is 65.7 Å². The maximum absolute atomic E-state index is 12.7. The molecule has 3 N–H and O–H groups in total. The molecule has 2 unspecified atom stereocenters. The molecule has 0 aliphatic carbocycles. The molecular weight excluding hydrogens is 344 g/mol. The maximum Gasteiger partial charge on any atom is 0.327 e. The van der Waals surface area contributed by atoms with Crippen LogP contribution < -0.4 is 10.6 Å². The van der Waals surface area contributed by atoms with E-state index >= 15 is 0 Å². The largest absolute Gasteiger partial charge is 0.480 e. The fraction of sp³-hybridized carbons (Fsp3) is 0.286. The van der Waals surface area contributed by atoms with Crippen LogP contribution in [0.25, 0.3) is 0 Å². The van der Waals surface area contributed by atoms with Crippen LogP contribution in [-0.4, -0.2) is 34.8 Å². The van der Waals surface area contributed by atoms with Crippen LogP contribution in [0.5, 0.6) is 0 Å². The van der Waals surface area contributed by atoms with Gasteiger partial charge in [-0.1, -0.05) is 48.5 Å². The number of aliphatic carboxylic acids is 1. The number of ketones is 1. The maximum atomic E-state index is 12.7. The fourth-order valence-electron chi connectivity index (χ4n) is 3.38. The van der Waals surface area contributed by atoms with Gasteiger partial charge in [0.15, 0.2) is 5.78 Å². The zero-order chi connectivity index (χ0) is 19.4. The Kier molecular flexibility index (Phi) is 5.66. The molecule has 0 bridgehead atoms. The van der Waals surface area contributed by atoms with E-state index in [1.54, 1.807) is 12.1 Å². The van der Waals surface area contributed by atoms with Crippen LogP contribution in [0.2, 0.25) is 0 Å². The Labute approximate surface area is 157 Å². The number of carboxylic acids is 1. The number of amides is 1. The third kappa shape index (κ3) is 4.23. The Morgan fingerprint density at radius 1 is 1.07 bits per heavy atom. The van der Waals surface area contributed by atoms with E-state index in [4.69, 9.17) is 5.73 Å². The molecule has 140 valence electrons. The van der Waals surface area contributed by atoms with Gasteiger partial charge >= 0.3 is 5.97 Å². The summed E-state index contributed by atoms with van der Waals surface area (Å²) in [5.74, 6) is -1.50. The zero-order valence-corrected chi connectivity index (χ0v) is 14.9. The molecule has 2 aromatic carbocycles. The number of carboxylic acid groups (broad SMARTS) is 1. The van der Waals surface area contributed by atoms with Crippen molar-refractivity contribution in [1.29, 1.82) is 0 Å². The molecule has 1 aliphatic heterocycles.